The maximum Gasteiger partial charge on any atom is 0.415 e. The first-order valence-corrected chi connectivity index (χ1v) is 8.43. The highest BCUT2D eigenvalue weighted by Gasteiger charge is 2.18. The molecule has 1 amide bonds. The van der Waals surface area contributed by atoms with E-state index in [9.17, 15) is 4.79 Å². The molecule has 0 aliphatic carbocycles. The predicted octanol–water partition coefficient (Wildman–Crippen LogP) is 5.17. The van der Waals surface area contributed by atoms with Crippen molar-refractivity contribution in [2.75, 3.05) is 13.1 Å². The smallest absolute Gasteiger partial charge is 0.415 e. The molecule has 0 bridgehead atoms. The molecule has 1 saturated heterocycles. The summed E-state index contributed by atoms with van der Waals surface area (Å²) in [6.07, 6.45) is 5.80. The van der Waals surface area contributed by atoms with Gasteiger partial charge in [0.25, 0.3) is 0 Å². The highest BCUT2D eigenvalue weighted by molar-refractivity contribution is 6.36. The maximum absolute atomic E-state index is 12.1. The maximum atomic E-state index is 12.1. The third kappa shape index (κ3) is 4.10. The number of ether oxygens (including phenoxy) is 2. The van der Waals surface area contributed by atoms with Crippen LogP contribution in [0.3, 0.4) is 0 Å². The number of hydrogen-bond acceptors (Lipinski definition) is 4. The Kier molecular flexibility index (Phi) is 5.43. The molecule has 24 heavy (non-hydrogen) atoms. The topological polar surface area (TPSA) is 51.7 Å². The van der Waals surface area contributed by atoms with E-state index < -0.39 is 0 Å². The molecule has 2 aromatic rings. The van der Waals surface area contributed by atoms with Gasteiger partial charge >= 0.3 is 6.09 Å². The van der Waals surface area contributed by atoms with Gasteiger partial charge in [0, 0.05) is 25.5 Å². The van der Waals surface area contributed by atoms with Gasteiger partial charge in [-0.05, 0) is 43.5 Å². The molecule has 0 spiro atoms. The van der Waals surface area contributed by atoms with Crippen LogP contribution < -0.4 is 9.47 Å². The fourth-order valence-electron chi connectivity index (χ4n) is 2.43. The monoisotopic (exact) mass is 366 g/mol. The van der Waals surface area contributed by atoms with Gasteiger partial charge in [-0.2, -0.15) is 0 Å². The summed E-state index contributed by atoms with van der Waals surface area (Å²) in [6, 6.07) is 6.71. The number of amides is 1. The summed E-state index contributed by atoms with van der Waals surface area (Å²) < 4.78 is 11.0. The number of hydrogen-bond donors (Lipinski definition) is 0. The van der Waals surface area contributed by atoms with Crippen molar-refractivity contribution in [1.29, 1.82) is 0 Å². The largest absolute Gasteiger partial charge is 0.454 e. The van der Waals surface area contributed by atoms with Crippen molar-refractivity contribution in [3.05, 3.63) is 46.7 Å². The van der Waals surface area contributed by atoms with Crippen molar-refractivity contribution in [3.8, 4) is 17.2 Å². The van der Waals surface area contributed by atoms with E-state index in [-0.39, 0.29) is 6.09 Å². The van der Waals surface area contributed by atoms with E-state index in [1.54, 1.807) is 29.2 Å². The first-order chi connectivity index (χ1) is 11.6. The molecule has 1 aliphatic heterocycles. The van der Waals surface area contributed by atoms with Crippen molar-refractivity contribution >= 4 is 29.3 Å². The van der Waals surface area contributed by atoms with Crippen molar-refractivity contribution in [1.82, 2.24) is 9.88 Å². The number of pyridine rings is 1. The van der Waals surface area contributed by atoms with E-state index in [2.05, 4.69) is 4.98 Å². The molecular formula is C17H16Cl2N2O3. The molecule has 0 radical (unpaired) electrons. The molecule has 126 valence electrons. The van der Waals surface area contributed by atoms with Crippen LogP contribution in [-0.4, -0.2) is 29.1 Å². The summed E-state index contributed by atoms with van der Waals surface area (Å²) in [5.74, 6) is 1.33. The Balaban J connectivity index is 1.64. The van der Waals surface area contributed by atoms with Crippen LogP contribution in [0.1, 0.15) is 19.3 Å². The molecule has 3 rings (SSSR count). The SMILES string of the molecule is O=C(Oc1ccc(Oc2c(Cl)cncc2Cl)cc1)N1CCCCC1. The average molecular weight is 367 g/mol. The quantitative estimate of drug-likeness (QED) is 0.752. The standard InChI is InChI=1S/C17H16Cl2N2O3/c18-14-10-20-11-15(19)16(14)23-12-4-6-13(7-5-12)24-17(22)21-8-2-1-3-9-21/h4-7,10-11H,1-3,8-9H2. The predicted molar refractivity (Wildman–Crippen MR) is 92.2 cm³/mol. The number of aromatic nitrogens is 1. The molecule has 1 aromatic heterocycles. The minimum absolute atomic E-state index is 0.316. The molecule has 0 atom stereocenters. The molecule has 0 saturated carbocycles. The average Bonchev–Trinajstić information content (AvgIpc) is 2.60. The number of nitrogens with zero attached hydrogens (tertiary/aromatic N) is 2. The second-order valence-electron chi connectivity index (χ2n) is 5.42. The van der Waals surface area contributed by atoms with E-state index in [1.165, 1.54) is 12.4 Å². The third-order valence-electron chi connectivity index (χ3n) is 3.67. The highest BCUT2D eigenvalue weighted by Crippen LogP contribution is 2.35. The normalized spacial score (nSPS) is 14.3. The van der Waals surface area contributed by atoms with Gasteiger partial charge in [0.2, 0.25) is 0 Å². The van der Waals surface area contributed by atoms with Crippen molar-refractivity contribution in [3.63, 3.8) is 0 Å². The highest BCUT2D eigenvalue weighted by atomic mass is 35.5. The minimum Gasteiger partial charge on any atom is -0.454 e. The molecule has 7 heteroatoms. The summed E-state index contributed by atoms with van der Waals surface area (Å²) >= 11 is 12.0. The Morgan fingerprint density at radius 2 is 1.54 bits per heavy atom. The van der Waals surface area contributed by atoms with Gasteiger partial charge in [0.1, 0.15) is 21.5 Å². The molecule has 1 aliphatic rings. The van der Waals surface area contributed by atoms with Crippen LogP contribution in [0.5, 0.6) is 17.2 Å². The van der Waals surface area contributed by atoms with Gasteiger partial charge < -0.3 is 14.4 Å². The summed E-state index contributed by atoms with van der Waals surface area (Å²) in [5.41, 5.74) is 0. The molecule has 0 unspecified atom stereocenters. The van der Waals surface area contributed by atoms with Crippen LogP contribution in [0.15, 0.2) is 36.7 Å². The molecule has 2 heterocycles. The first kappa shape index (κ1) is 16.9. The Bertz CT molecular complexity index is 696. The van der Waals surface area contributed by atoms with E-state index in [1.807, 2.05) is 0 Å². The number of halogens is 2. The van der Waals surface area contributed by atoms with E-state index in [0.29, 0.717) is 27.3 Å². The molecular weight excluding hydrogens is 351 g/mol. The van der Waals surface area contributed by atoms with Crippen LogP contribution in [0.2, 0.25) is 10.0 Å². The van der Waals surface area contributed by atoms with E-state index in [4.69, 9.17) is 32.7 Å². The third-order valence-corrected chi connectivity index (χ3v) is 4.21. The molecule has 0 N–H and O–H groups in total. The summed E-state index contributed by atoms with van der Waals surface area (Å²) in [4.78, 5) is 17.7. The second-order valence-corrected chi connectivity index (χ2v) is 6.24. The van der Waals surface area contributed by atoms with Crippen LogP contribution >= 0.6 is 23.2 Å². The van der Waals surface area contributed by atoms with Crippen LogP contribution in [0.4, 0.5) is 4.79 Å². The van der Waals surface area contributed by atoms with Crippen molar-refractivity contribution < 1.29 is 14.3 Å². The van der Waals surface area contributed by atoms with Crippen LogP contribution in [0.25, 0.3) is 0 Å². The number of piperidine rings is 1. The minimum atomic E-state index is -0.316. The zero-order valence-electron chi connectivity index (χ0n) is 12.9. The lowest BCUT2D eigenvalue weighted by Gasteiger charge is -2.25. The van der Waals surface area contributed by atoms with Crippen molar-refractivity contribution in [2.24, 2.45) is 0 Å². The Hall–Kier alpha value is -1.98. The zero-order chi connectivity index (χ0) is 16.9. The number of likely N-dealkylation sites (tertiary alicyclic amines) is 1. The number of carbonyl (C=O) groups excluding carboxylic acids is 1. The zero-order valence-corrected chi connectivity index (χ0v) is 14.4. The summed E-state index contributed by atoms with van der Waals surface area (Å²) in [7, 11) is 0. The molecule has 1 fully saturated rings. The van der Waals surface area contributed by atoms with Gasteiger partial charge in [-0.15, -0.1) is 0 Å². The van der Waals surface area contributed by atoms with Crippen LogP contribution in [-0.2, 0) is 0 Å². The fourth-order valence-corrected chi connectivity index (χ4v) is 2.87. The lowest BCUT2D eigenvalue weighted by molar-refractivity contribution is 0.142. The van der Waals surface area contributed by atoms with Crippen LogP contribution in [0, 0.1) is 0 Å². The number of carbonyl (C=O) groups is 1. The van der Waals surface area contributed by atoms with Gasteiger partial charge in [-0.25, -0.2) is 4.79 Å². The van der Waals surface area contributed by atoms with Gasteiger partial charge in [0.15, 0.2) is 5.75 Å². The fraction of sp³-hybridized carbons (Fsp3) is 0.294. The Labute approximate surface area is 150 Å². The van der Waals surface area contributed by atoms with E-state index >= 15 is 0 Å². The summed E-state index contributed by atoms with van der Waals surface area (Å²) in [5, 5.41) is 0.645. The Morgan fingerprint density at radius 1 is 0.958 bits per heavy atom. The number of rotatable bonds is 3. The second kappa shape index (κ2) is 7.73. The van der Waals surface area contributed by atoms with Crippen molar-refractivity contribution in [2.45, 2.75) is 19.3 Å². The summed E-state index contributed by atoms with van der Waals surface area (Å²) in [6.45, 7) is 1.50. The number of benzene rings is 1. The van der Waals surface area contributed by atoms with Gasteiger partial charge in [-0.1, -0.05) is 23.2 Å². The first-order valence-electron chi connectivity index (χ1n) is 7.67. The molecule has 5 nitrogen and oxygen atoms in total. The lowest BCUT2D eigenvalue weighted by Crippen LogP contribution is -2.37. The van der Waals surface area contributed by atoms with Gasteiger partial charge in [0.05, 0.1) is 0 Å². The Morgan fingerprint density at radius 3 is 2.17 bits per heavy atom. The molecule has 1 aromatic carbocycles. The van der Waals surface area contributed by atoms with E-state index in [0.717, 1.165) is 32.4 Å². The lowest BCUT2D eigenvalue weighted by atomic mass is 10.1. The van der Waals surface area contributed by atoms with Gasteiger partial charge in [-0.3, -0.25) is 4.98 Å².